The molecule has 0 aliphatic carbocycles. The lowest BCUT2D eigenvalue weighted by molar-refractivity contribution is 0.665. The molecule has 0 spiro atoms. The van der Waals surface area contributed by atoms with Gasteiger partial charge in [0.25, 0.3) is 0 Å². The van der Waals surface area contributed by atoms with Crippen LogP contribution in [0.2, 0.25) is 0 Å². The van der Waals surface area contributed by atoms with Gasteiger partial charge < -0.3 is 13.4 Å². The van der Waals surface area contributed by atoms with Crippen molar-refractivity contribution in [2.24, 2.45) is 0 Å². The third kappa shape index (κ3) is 4.87. The molecule has 0 N–H and O–H groups in total. The first kappa shape index (κ1) is 31.5. The fraction of sp³-hybridized carbons (Fsp3) is 0. The van der Waals surface area contributed by atoms with Crippen molar-refractivity contribution < 1.29 is 8.83 Å². The average molecular weight is 731 g/mol. The SMILES string of the molecule is c1ccc(-c2cc(-n3c4ccccc4c4ccc5c6ccccc6oc5c43)c3oc4cccc(-c5nc(-c6ccccc6)nc(-c6ccccc6)n5)c4c3c2)cc1. The van der Waals surface area contributed by atoms with Crippen molar-refractivity contribution in [3.63, 3.8) is 0 Å². The second-order valence-corrected chi connectivity index (χ2v) is 14.3. The molecule has 57 heavy (non-hydrogen) atoms. The minimum atomic E-state index is 0.573. The van der Waals surface area contributed by atoms with E-state index in [9.17, 15) is 0 Å². The van der Waals surface area contributed by atoms with Gasteiger partial charge in [0, 0.05) is 49.0 Å². The van der Waals surface area contributed by atoms with Gasteiger partial charge in [-0.2, -0.15) is 0 Å². The molecule has 6 nitrogen and oxygen atoms in total. The van der Waals surface area contributed by atoms with Gasteiger partial charge in [0.2, 0.25) is 0 Å². The van der Waals surface area contributed by atoms with E-state index in [0.29, 0.717) is 17.5 Å². The highest BCUT2D eigenvalue weighted by Crippen LogP contribution is 2.45. The highest BCUT2D eigenvalue weighted by atomic mass is 16.3. The van der Waals surface area contributed by atoms with Gasteiger partial charge in [0.05, 0.1) is 16.7 Å². The predicted molar refractivity (Wildman–Crippen MR) is 230 cm³/mol. The fourth-order valence-electron chi connectivity index (χ4n) is 8.47. The van der Waals surface area contributed by atoms with Crippen LogP contribution in [0.4, 0.5) is 0 Å². The van der Waals surface area contributed by atoms with E-state index in [4.69, 9.17) is 23.8 Å². The van der Waals surface area contributed by atoms with Crippen LogP contribution in [-0.2, 0) is 0 Å². The standard InChI is InChI=1S/C51H30N4O2/c1-4-15-31(16-5-1)34-29-40-45-39(51-53-49(32-17-6-2-7-18-32)52-50(54-51)33-19-8-3-9-20-33)23-14-26-44(45)57-47(40)42(30-34)55-41-24-12-10-21-35(41)37-27-28-38-36-22-11-13-25-43(36)56-48(38)46(37)55/h1-30H. The van der Waals surface area contributed by atoms with Gasteiger partial charge in [-0.15, -0.1) is 0 Å². The molecule has 4 heterocycles. The summed E-state index contributed by atoms with van der Waals surface area (Å²) in [4.78, 5) is 15.3. The molecule has 12 aromatic rings. The zero-order chi connectivity index (χ0) is 37.5. The maximum Gasteiger partial charge on any atom is 0.164 e. The maximum atomic E-state index is 7.04. The van der Waals surface area contributed by atoms with Crippen LogP contribution in [0.25, 0.3) is 117 Å². The van der Waals surface area contributed by atoms with Crippen LogP contribution in [-0.4, -0.2) is 19.5 Å². The van der Waals surface area contributed by atoms with Gasteiger partial charge in [0.15, 0.2) is 28.6 Å². The van der Waals surface area contributed by atoms with Crippen LogP contribution >= 0.6 is 0 Å². The Labute approximate surface area is 325 Å². The summed E-state index contributed by atoms with van der Waals surface area (Å²) in [7, 11) is 0. The molecule has 0 atom stereocenters. The van der Waals surface area contributed by atoms with Crippen molar-refractivity contribution in [1.29, 1.82) is 0 Å². The second-order valence-electron chi connectivity index (χ2n) is 14.3. The normalized spacial score (nSPS) is 11.9. The molecule has 4 aromatic heterocycles. The lowest BCUT2D eigenvalue weighted by Gasteiger charge is -2.12. The summed E-state index contributed by atoms with van der Waals surface area (Å²) in [5.41, 5.74) is 11.0. The Bertz CT molecular complexity index is 3450. The molecule has 6 heteroatoms. The van der Waals surface area contributed by atoms with Gasteiger partial charge in [0.1, 0.15) is 11.2 Å². The molecule has 0 unspecified atom stereocenters. The lowest BCUT2D eigenvalue weighted by atomic mass is 9.99. The van der Waals surface area contributed by atoms with Crippen molar-refractivity contribution in [2.45, 2.75) is 0 Å². The van der Waals surface area contributed by atoms with Crippen LogP contribution in [0.5, 0.6) is 0 Å². The Morgan fingerprint density at radius 2 is 0.947 bits per heavy atom. The number of benzene rings is 8. The fourth-order valence-corrected chi connectivity index (χ4v) is 8.47. The van der Waals surface area contributed by atoms with Crippen molar-refractivity contribution in [2.75, 3.05) is 0 Å². The van der Waals surface area contributed by atoms with E-state index < -0.39 is 0 Å². The number of hydrogen-bond donors (Lipinski definition) is 0. The first-order valence-electron chi connectivity index (χ1n) is 19.0. The Kier molecular flexibility index (Phi) is 6.83. The van der Waals surface area contributed by atoms with Crippen LogP contribution in [0.3, 0.4) is 0 Å². The molecule has 0 aliphatic heterocycles. The molecule has 0 bridgehead atoms. The number of fused-ring (bicyclic) bond motifs is 10. The van der Waals surface area contributed by atoms with Crippen molar-refractivity contribution in [3.8, 4) is 51.0 Å². The zero-order valence-corrected chi connectivity index (χ0v) is 30.4. The molecule has 0 saturated carbocycles. The highest BCUT2D eigenvalue weighted by Gasteiger charge is 2.25. The highest BCUT2D eigenvalue weighted by molar-refractivity contribution is 6.23. The van der Waals surface area contributed by atoms with E-state index in [2.05, 4.69) is 102 Å². The summed E-state index contributed by atoms with van der Waals surface area (Å²) in [5, 5.41) is 6.30. The first-order valence-corrected chi connectivity index (χ1v) is 19.0. The largest absolute Gasteiger partial charge is 0.454 e. The van der Waals surface area contributed by atoms with Crippen molar-refractivity contribution >= 4 is 65.7 Å². The van der Waals surface area contributed by atoms with Gasteiger partial charge in [-0.25, -0.2) is 15.0 Å². The molecule has 0 fully saturated rings. The van der Waals surface area contributed by atoms with Crippen molar-refractivity contribution in [3.05, 3.63) is 182 Å². The molecule has 0 radical (unpaired) electrons. The maximum absolute atomic E-state index is 7.04. The third-order valence-electron chi connectivity index (χ3n) is 11.0. The van der Waals surface area contributed by atoms with Gasteiger partial charge in [-0.1, -0.05) is 146 Å². The molecule has 266 valence electrons. The number of para-hydroxylation sites is 2. The van der Waals surface area contributed by atoms with Crippen LogP contribution in [0, 0.1) is 0 Å². The molecule has 12 rings (SSSR count). The lowest BCUT2D eigenvalue weighted by Crippen LogP contribution is -2.00. The summed E-state index contributed by atoms with van der Waals surface area (Å²) in [6.07, 6.45) is 0. The first-order chi connectivity index (χ1) is 28.3. The zero-order valence-electron chi connectivity index (χ0n) is 30.4. The molecular weight excluding hydrogens is 701 g/mol. The van der Waals surface area contributed by atoms with Gasteiger partial charge in [-0.05, 0) is 47.5 Å². The number of furan rings is 2. The Morgan fingerprint density at radius 3 is 1.68 bits per heavy atom. The van der Waals surface area contributed by atoms with E-state index in [0.717, 1.165) is 99.2 Å². The number of hydrogen-bond acceptors (Lipinski definition) is 5. The minimum Gasteiger partial charge on any atom is -0.454 e. The summed E-state index contributed by atoms with van der Waals surface area (Å²) >= 11 is 0. The Morgan fingerprint density at radius 1 is 0.368 bits per heavy atom. The average Bonchev–Trinajstić information content (AvgIpc) is 3.97. The molecule has 0 saturated heterocycles. The van der Waals surface area contributed by atoms with Gasteiger partial charge >= 0.3 is 0 Å². The van der Waals surface area contributed by atoms with E-state index >= 15 is 0 Å². The van der Waals surface area contributed by atoms with Crippen LogP contribution < -0.4 is 0 Å². The monoisotopic (exact) mass is 730 g/mol. The molecule has 8 aromatic carbocycles. The topological polar surface area (TPSA) is 69.9 Å². The van der Waals surface area contributed by atoms with Crippen molar-refractivity contribution in [1.82, 2.24) is 19.5 Å². The van der Waals surface area contributed by atoms with E-state index in [1.54, 1.807) is 0 Å². The minimum absolute atomic E-state index is 0.573. The Hall–Kier alpha value is -7.83. The summed E-state index contributed by atoms with van der Waals surface area (Å²) in [6.45, 7) is 0. The van der Waals surface area contributed by atoms with E-state index in [1.807, 2.05) is 84.9 Å². The smallest absolute Gasteiger partial charge is 0.164 e. The molecular formula is C51H30N4O2. The Balaban J connectivity index is 1.21. The molecule has 0 amide bonds. The summed E-state index contributed by atoms with van der Waals surface area (Å²) in [6, 6.07) is 62.5. The number of rotatable bonds is 5. The number of aromatic nitrogens is 4. The van der Waals surface area contributed by atoms with E-state index in [-0.39, 0.29) is 0 Å². The third-order valence-corrected chi connectivity index (χ3v) is 11.0. The summed E-state index contributed by atoms with van der Waals surface area (Å²) in [5.74, 6) is 1.79. The number of nitrogens with zero attached hydrogens (tertiary/aromatic N) is 4. The quantitative estimate of drug-likeness (QED) is 0.176. The van der Waals surface area contributed by atoms with Crippen LogP contribution in [0.15, 0.2) is 191 Å². The predicted octanol–water partition coefficient (Wildman–Crippen LogP) is 13.4. The van der Waals surface area contributed by atoms with Crippen LogP contribution in [0.1, 0.15) is 0 Å². The van der Waals surface area contributed by atoms with Gasteiger partial charge in [-0.3, -0.25) is 0 Å². The molecule has 0 aliphatic rings. The second kappa shape index (κ2) is 12.3. The van der Waals surface area contributed by atoms with E-state index in [1.165, 1.54) is 0 Å². The summed E-state index contributed by atoms with van der Waals surface area (Å²) < 4.78 is 16.1.